The van der Waals surface area contributed by atoms with Gasteiger partial charge in [-0.25, -0.2) is 4.98 Å². The van der Waals surface area contributed by atoms with Crippen molar-refractivity contribution in [1.82, 2.24) is 14.8 Å². The summed E-state index contributed by atoms with van der Waals surface area (Å²) in [6.45, 7) is 4.27. The SMILES string of the molecule is COc1ccc2nc(N(CCCN3CCOCC3)C(=O)CN3C(=O)CCC3=O)sc2c1. The lowest BCUT2D eigenvalue weighted by molar-refractivity contribution is -0.141. The fraction of sp³-hybridized carbons (Fsp3) is 0.524. The molecule has 2 aromatic rings. The van der Waals surface area contributed by atoms with E-state index in [0.29, 0.717) is 11.7 Å². The molecule has 0 radical (unpaired) electrons. The number of nitrogens with zero attached hydrogens (tertiary/aromatic N) is 4. The number of aromatic nitrogens is 1. The largest absolute Gasteiger partial charge is 0.497 e. The zero-order valence-corrected chi connectivity index (χ0v) is 18.4. The van der Waals surface area contributed by atoms with E-state index in [9.17, 15) is 14.4 Å². The Balaban J connectivity index is 1.51. The number of hydrogen-bond donors (Lipinski definition) is 0. The zero-order valence-electron chi connectivity index (χ0n) is 17.5. The van der Waals surface area contributed by atoms with E-state index in [4.69, 9.17) is 9.47 Å². The molecule has 9 nitrogen and oxygen atoms in total. The lowest BCUT2D eigenvalue weighted by Gasteiger charge is -2.28. The highest BCUT2D eigenvalue weighted by atomic mass is 32.1. The van der Waals surface area contributed by atoms with Crippen LogP contribution >= 0.6 is 11.3 Å². The smallest absolute Gasteiger partial charge is 0.248 e. The summed E-state index contributed by atoms with van der Waals surface area (Å²) in [5, 5.41) is 0.564. The molecule has 1 aromatic carbocycles. The van der Waals surface area contributed by atoms with Crippen LogP contribution in [0.3, 0.4) is 0 Å². The van der Waals surface area contributed by atoms with Gasteiger partial charge in [0.25, 0.3) is 0 Å². The van der Waals surface area contributed by atoms with Crippen LogP contribution < -0.4 is 9.64 Å². The van der Waals surface area contributed by atoms with Gasteiger partial charge in [-0.3, -0.25) is 29.1 Å². The van der Waals surface area contributed by atoms with Gasteiger partial charge < -0.3 is 9.47 Å². The van der Waals surface area contributed by atoms with E-state index in [0.717, 1.165) is 60.1 Å². The van der Waals surface area contributed by atoms with Gasteiger partial charge in [0.05, 0.1) is 30.5 Å². The number of anilines is 1. The van der Waals surface area contributed by atoms with Gasteiger partial charge in [-0.15, -0.1) is 0 Å². The maximum Gasteiger partial charge on any atom is 0.248 e. The van der Waals surface area contributed by atoms with E-state index in [1.807, 2.05) is 18.2 Å². The minimum atomic E-state index is -0.295. The van der Waals surface area contributed by atoms with Crippen molar-refractivity contribution >= 4 is 44.4 Å². The predicted molar refractivity (Wildman–Crippen MR) is 116 cm³/mol. The third-order valence-electron chi connectivity index (χ3n) is 5.52. The van der Waals surface area contributed by atoms with Crippen LogP contribution in [0, 0.1) is 0 Å². The van der Waals surface area contributed by atoms with Gasteiger partial charge in [0.15, 0.2) is 5.13 Å². The fourth-order valence-electron chi connectivity index (χ4n) is 3.76. The molecule has 0 unspecified atom stereocenters. The summed E-state index contributed by atoms with van der Waals surface area (Å²) in [4.78, 5) is 46.8. The molecule has 0 saturated carbocycles. The monoisotopic (exact) mass is 446 g/mol. The number of imide groups is 1. The number of rotatable bonds is 8. The molecule has 10 heteroatoms. The van der Waals surface area contributed by atoms with E-state index in [-0.39, 0.29) is 37.1 Å². The number of fused-ring (bicyclic) bond motifs is 1. The van der Waals surface area contributed by atoms with Crippen molar-refractivity contribution in [3.63, 3.8) is 0 Å². The molecule has 3 amide bonds. The second-order valence-corrected chi connectivity index (χ2v) is 8.57. The Morgan fingerprint density at radius 3 is 2.68 bits per heavy atom. The number of methoxy groups -OCH3 is 1. The van der Waals surface area contributed by atoms with E-state index >= 15 is 0 Å². The number of carbonyl (C=O) groups excluding carboxylic acids is 3. The van der Waals surface area contributed by atoms with Crippen molar-refractivity contribution in [2.45, 2.75) is 19.3 Å². The molecular weight excluding hydrogens is 420 g/mol. The molecule has 0 N–H and O–H groups in total. The number of carbonyl (C=O) groups is 3. The highest BCUT2D eigenvalue weighted by molar-refractivity contribution is 7.22. The van der Waals surface area contributed by atoms with Crippen LogP contribution in [0.2, 0.25) is 0 Å². The van der Waals surface area contributed by atoms with Crippen LogP contribution in [0.15, 0.2) is 18.2 Å². The summed E-state index contributed by atoms with van der Waals surface area (Å²) >= 11 is 1.40. The first kappa shape index (κ1) is 21.7. The Bertz CT molecular complexity index is 956. The summed E-state index contributed by atoms with van der Waals surface area (Å²) < 4.78 is 11.6. The summed E-state index contributed by atoms with van der Waals surface area (Å²) in [6.07, 6.45) is 1.10. The van der Waals surface area contributed by atoms with Gasteiger partial charge in [-0.1, -0.05) is 11.3 Å². The maximum atomic E-state index is 13.2. The molecule has 0 bridgehead atoms. The quantitative estimate of drug-likeness (QED) is 0.568. The minimum absolute atomic E-state index is 0.171. The number of likely N-dealkylation sites (tertiary alicyclic amines) is 1. The lowest BCUT2D eigenvalue weighted by Crippen LogP contribution is -2.44. The third kappa shape index (κ3) is 5.03. The zero-order chi connectivity index (χ0) is 21.8. The topological polar surface area (TPSA) is 92.3 Å². The molecule has 166 valence electrons. The molecule has 4 rings (SSSR count). The highest BCUT2D eigenvalue weighted by Crippen LogP contribution is 2.32. The Kier molecular flexibility index (Phi) is 6.79. The number of thiazole rings is 1. The van der Waals surface area contributed by atoms with E-state index in [2.05, 4.69) is 9.88 Å². The normalized spacial score (nSPS) is 17.5. The number of morpholine rings is 1. The summed E-state index contributed by atoms with van der Waals surface area (Å²) in [7, 11) is 1.61. The average Bonchev–Trinajstić information content (AvgIpc) is 3.34. The van der Waals surface area contributed by atoms with Crippen molar-refractivity contribution < 1.29 is 23.9 Å². The van der Waals surface area contributed by atoms with Crippen LogP contribution in [-0.2, 0) is 19.1 Å². The summed E-state index contributed by atoms with van der Waals surface area (Å²) in [6, 6.07) is 5.58. The highest BCUT2D eigenvalue weighted by Gasteiger charge is 2.32. The lowest BCUT2D eigenvalue weighted by atomic mass is 10.3. The second kappa shape index (κ2) is 9.71. The van der Waals surface area contributed by atoms with Gasteiger partial charge in [-0.05, 0) is 24.6 Å². The predicted octanol–water partition coefficient (Wildman–Crippen LogP) is 1.51. The number of benzene rings is 1. The molecule has 0 aliphatic carbocycles. The number of hydrogen-bond acceptors (Lipinski definition) is 8. The van der Waals surface area contributed by atoms with Gasteiger partial charge in [0, 0.05) is 39.0 Å². The first-order chi connectivity index (χ1) is 15.0. The molecule has 31 heavy (non-hydrogen) atoms. The van der Waals surface area contributed by atoms with E-state index in [1.165, 1.54) is 11.3 Å². The Morgan fingerprint density at radius 1 is 1.23 bits per heavy atom. The molecule has 2 fully saturated rings. The van der Waals surface area contributed by atoms with Crippen molar-refractivity contribution in [1.29, 1.82) is 0 Å². The van der Waals surface area contributed by atoms with Crippen molar-refractivity contribution in [3.05, 3.63) is 18.2 Å². The maximum absolute atomic E-state index is 13.2. The first-order valence-corrected chi connectivity index (χ1v) is 11.2. The van der Waals surface area contributed by atoms with Crippen LogP contribution in [0.25, 0.3) is 10.2 Å². The van der Waals surface area contributed by atoms with Crippen LogP contribution in [0.4, 0.5) is 5.13 Å². The first-order valence-electron chi connectivity index (χ1n) is 10.4. The third-order valence-corrected chi connectivity index (χ3v) is 6.57. The minimum Gasteiger partial charge on any atom is -0.497 e. The van der Waals surface area contributed by atoms with Gasteiger partial charge in [0.1, 0.15) is 12.3 Å². The van der Waals surface area contributed by atoms with Crippen molar-refractivity contribution in [2.24, 2.45) is 0 Å². The van der Waals surface area contributed by atoms with Gasteiger partial charge in [-0.2, -0.15) is 0 Å². The van der Waals surface area contributed by atoms with Crippen LogP contribution in [0.1, 0.15) is 19.3 Å². The molecule has 0 atom stereocenters. The van der Waals surface area contributed by atoms with Crippen LogP contribution in [0.5, 0.6) is 5.75 Å². The van der Waals surface area contributed by atoms with Gasteiger partial charge >= 0.3 is 0 Å². The van der Waals surface area contributed by atoms with Gasteiger partial charge in [0.2, 0.25) is 17.7 Å². The fourth-order valence-corrected chi connectivity index (χ4v) is 4.80. The summed E-state index contributed by atoms with van der Waals surface area (Å²) in [5.41, 5.74) is 0.778. The number of amides is 3. The van der Waals surface area contributed by atoms with Crippen molar-refractivity contribution in [3.8, 4) is 5.75 Å². The molecule has 2 aliphatic heterocycles. The Morgan fingerprint density at radius 2 is 1.97 bits per heavy atom. The Hall–Kier alpha value is -2.56. The second-order valence-electron chi connectivity index (χ2n) is 7.56. The van der Waals surface area contributed by atoms with E-state index in [1.54, 1.807) is 12.0 Å². The molecule has 0 spiro atoms. The van der Waals surface area contributed by atoms with Crippen molar-refractivity contribution in [2.75, 3.05) is 57.9 Å². The molecule has 2 saturated heterocycles. The standard InChI is InChI=1S/C21H26N4O5S/c1-29-15-3-4-16-17(13-15)31-21(22-16)24(8-2-7-23-9-11-30-12-10-23)20(28)14-25-18(26)5-6-19(25)27/h3-4,13H,2,5-12,14H2,1H3. The number of ether oxygens (including phenoxy) is 2. The van der Waals surface area contributed by atoms with Crippen LogP contribution in [-0.4, -0.2) is 85.6 Å². The van der Waals surface area contributed by atoms with E-state index < -0.39 is 0 Å². The molecular formula is C21H26N4O5S. The molecule has 3 heterocycles. The molecule has 1 aromatic heterocycles. The summed E-state index contributed by atoms with van der Waals surface area (Å²) in [5.74, 6) is -0.154. The molecule has 2 aliphatic rings. The Labute approximate surface area is 184 Å². The average molecular weight is 447 g/mol.